The lowest BCUT2D eigenvalue weighted by Gasteiger charge is -2.27. The molecular formula is C31H33N3O3. The molecule has 1 aliphatic heterocycles. The van der Waals surface area contributed by atoms with E-state index in [1.165, 1.54) is 0 Å². The highest BCUT2D eigenvalue weighted by Gasteiger charge is 2.24. The second-order valence-electron chi connectivity index (χ2n) is 10.4. The van der Waals surface area contributed by atoms with Gasteiger partial charge >= 0.3 is 6.09 Å². The van der Waals surface area contributed by atoms with E-state index in [0.717, 1.165) is 71.7 Å². The Morgan fingerprint density at radius 1 is 0.973 bits per heavy atom. The minimum absolute atomic E-state index is 0.175. The molecule has 2 heterocycles. The van der Waals surface area contributed by atoms with Crippen LogP contribution in [0.15, 0.2) is 79.0 Å². The van der Waals surface area contributed by atoms with Gasteiger partial charge in [-0.3, -0.25) is 15.2 Å². The summed E-state index contributed by atoms with van der Waals surface area (Å²) >= 11 is 0. The number of nitrogens with zero attached hydrogens (tertiary/aromatic N) is 2. The fourth-order valence-electron chi connectivity index (χ4n) is 4.77. The number of para-hydroxylation sites is 1. The van der Waals surface area contributed by atoms with Gasteiger partial charge in [0.15, 0.2) is 0 Å². The molecule has 0 aliphatic carbocycles. The molecule has 4 aromatic rings. The second-order valence-corrected chi connectivity index (χ2v) is 10.4. The highest BCUT2D eigenvalue weighted by atomic mass is 16.6. The first-order valence-electron chi connectivity index (χ1n) is 12.7. The average Bonchev–Trinajstić information content (AvgIpc) is 2.90. The number of nitrogens with one attached hydrogen (secondary N) is 1. The maximum absolute atomic E-state index is 12.8. The summed E-state index contributed by atoms with van der Waals surface area (Å²) in [6, 6.07) is 23.6. The van der Waals surface area contributed by atoms with Crippen molar-refractivity contribution in [1.82, 2.24) is 9.88 Å². The third kappa shape index (κ3) is 5.82. The highest BCUT2D eigenvalue weighted by molar-refractivity contribution is 6.08. The lowest BCUT2D eigenvalue weighted by atomic mass is 9.79. The summed E-state index contributed by atoms with van der Waals surface area (Å²) in [6.07, 6.45) is 1.46. The molecule has 1 amide bonds. The predicted molar refractivity (Wildman–Crippen MR) is 148 cm³/mol. The Balaban J connectivity index is 1.51. The maximum atomic E-state index is 12.8. The molecule has 6 heteroatoms. The van der Waals surface area contributed by atoms with Gasteiger partial charge in [-0.2, -0.15) is 0 Å². The van der Waals surface area contributed by atoms with Crippen molar-refractivity contribution >= 4 is 22.6 Å². The van der Waals surface area contributed by atoms with E-state index in [-0.39, 0.29) is 5.41 Å². The van der Waals surface area contributed by atoms with Crippen molar-refractivity contribution in [2.24, 2.45) is 0 Å². The zero-order chi connectivity index (χ0) is 25.8. The van der Waals surface area contributed by atoms with Crippen LogP contribution in [0.1, 0.15) is 32.0 Å². The molecule has 0 radical (unpaired) electrons. The van der Waals surface area contributed by atoms with Crippen LogP contribution in [0.4, 0.5) is 10.5 Å². The number of fused-ring (bicyclic) bond motifs is 1. The molecule has 0 atom stereocenters. The lowest BCUT2D eigenvalue weighted by molar-refractivity contribution is 0.0336. The number of morpholine rings is 1. The number of pyridine rings is 1. The molecule has 1 N–H and O–H groups in total. The van der Waals surface area contributed by atoms with Gasteiger partial charge in [0.1, 0.15) is 5.75 Å². The largest absolute Gasteiger partial charge is 0.417 e. The van der Waals surface area contributed by atoms with Crippen LogP contribution >= 0.6 is 0 Å². The predicted octanol–water partition coefficient (Wildman–Crippen LogP) is 6.64. The summed E-state index contributed by atoms with van der Waals surface area (Å²) in [6.45, 7) is 10.8. The second kappa shape index (κ2) is 10.7. The SMILES string of the molecule is CC(C)(C)c1cc(NC(=O)Oc2ccccc2)c2ccccc2c1-c1ccc(CN2CCOCC2)nc1. The molecule has 0 unspecified atom stereocenters. The van der Waals surface area contributed by atoms with E-state index in [9.17, 15) is 4.79 Å². The summed E-state index contributed by atoms with van der Waals surface area (Å²) in [5.74, 6) is 0.500. The van der Waals surface area contributed by atoms with Crippen LogP contribution in [0.5, 0.6) is 5.75 Å². The van der Waals surface area contributed by atoms with Gasteiger partial charge in [-0.1, -0.05) is 69.3 Å². The first-order chi connectivity index (χ1) is 17.9. The van der Waals surface area contributed by atoms with Crippen LogP contribution in [-0.4, -0.2) is 42.3 Å². The molecule has 0 bridgehead atoms. The minimum atomic E-state index is -0.516. The normalized spacial score (nSPS) is 14.5. The van der Waals surface area contributed by atoms with E-state index < -0.39 is 6.09 Å². The Morgan fingerprint density at radius 2 is 1.68 bits per heavy atom. The van der Waals surface area contributed by atoms with Gasteiger partial charge in [0, 0.05) is 36.8 Å². The fourth-order valence-corrected chi connectivity index (χ4v) is 4.77. The fraction of sp³-hybridized carbons (Fsp3) is 0.290. The van der Waals surface area contributed by atoms with Crippen molar-refractivity contribution in [2.75, 3.05) is 31.6 Å². The van der Waals surface area contributed by atoms with Crippen LogP contribution in [0.2, 0.25) is 0 Å². The molecule has 5 rings (SSSR count). The molecule has 1 fully saturated rings. The van der Waals surface area contributed by atoms with Crippen molar-refractivity contribution < 1.29 is 14.3 Å². The van der Waals surface area contributed by atoms with E-state index in [2.05, 4.69) is 55.3 Å². The number of benzene rings is 3. The van der Waals surface area contributed by atoms with Crippen LogP contribution in [0, 0.1) is 0 Å². The Hall–Kier alpha value is -3.74. The number of hydrogen-bond donors (Lipinski definition) is 1. The molecule has 1 aliphatic rings. The Labute approximate surface area is 218 Å². The molecule has 1 aromatic heterocycles. The van der Waals surface area contributed by atoms with Crippen LogP contribution in [0.25, 0.3) is 21.9 Å². The summed E-state index contributed by atoms with van der Waals surface area (Å²) in [5, 5.41) is 5.00. The van der Waals surface area contributed by atoms with Crippen LogP contribution in [0.3, 0.4) is 0 Å². The van der Waals surface area contributed by atoms with Gasteiger partial charge in [0.2, 0.25) is 0 Å². The summed E-state index contributed by atoms with van der Waals surface area (Å²) in [5.41, 5.74) is 4.92. The molecule has 0 spiro atoms. The number of anilines is 1. The third-order valence-electron chi connectivity index (χ3n) is 6.65. The molecule has 190 valence electrons. The standard InChI is InChI=1S/C31H33N3O3/c1-31(2,3)27-19-28(33-30(35)37-24-9-5-4-6-10-24)25-11-7-8-12-26(25)29(27)22-13-14-23(32-20-22)21-34-15-17-36-18-16-34/h4-14,19-20H,15-18,21H2,1-3H3,(H,33,35). The average molecular weight is 496 g/mol. The zero-order valence-electron chi connectivity index (χ0n) is 21.7. The van der Waals surface area contributed by atoms with Gasteiger partial charge in [-0.05, 0) is 46.2 Å². The highest BCUT2D eigenvalue weighted by Crippen LogP contribution is 2.41. The zero-order valence-corrected chi connectivity index (χ0v) is 21.7. The van der Waals surface area contributed by atoms with Gasteiger partial charge in [-0.15, -0.1) is 0 Å². The van der Waals surface area contributed by atoms with Gasteiger partial charge in [0.25, 0.3) is 0 Å². The quantitative estimate of drug-likeness (QED) is 0.336. The molecule has 37 heavy (non-hydrogen) atoms. The van der Waals surface area contributed by atoms with Gasteiger partial charge < -0.3 is 9.47 Å². The number of ether oxygens (including phenoxy) is 2. The number of hydrogen-bond acceptors (Lipinski definition) is 5. The van der Waals surface area contributed by atoms with Crippen molar-refractivity contribution in [3.63, 3.8) is 0 Å². The first kappa shape index (κ1) is 24.9. The van der Waals surface area contributed by atoms with Crippen LogP contribution in [-0.2, 0) is 16.7 Å². The Bertz CT molecular complexity index is 1370. The van der Waals surface area contributed by atoms with Crippen molar-refractivity contribution in [3.05, 3.63) is 90.3 Å². The van der Waals surface area contributed by atoms with E-state index in [4.69, 9.17) is 14.5 Å². The number of carbonyl (C=O) groups is 1. The Morgan fingerprint density at radius 3 is 2.35 bits per heavy atom. The van der Waals surface area contributed by atoms with E-state index in [1.54, 1.807) is 12.1 Å². The molecular weight excluding hydrogens is 462 g/mol. The van der Waals surface area contributed by atoms with Gasteiger partial charge in [-0.25, -0.2) is 4.79 Å². The number of aromatic nitrogens is 1. The summed E-state index contributed by atoms with van der Waals surface area (Å²) < 4.78 is 11.0. The van der Waals surface area contributed by atoms with Crippen molar-refractivity contribution in [1.29, 1.82) is 0 Å². The maximum Gasteiger partial charge on any atom is 0.417 e. The van der Waals surface area contributed by atoms with Gasteiger partial charge in [0.05, 0.1) is 24.6 Å². The number of amides is 1. The van der Waals surface area contributed by atoms with Crippen LogP contribution < -0.4 is 10.1 Å². The van der Waals surface area contributed by atoms with Crippen molar-refractivity contribution in [3.8, 4) is 16.9 Å². The monoisotopic (exact) mass is 495 g/mol. The first-order valence-corrected chi connectivity index (χ1v) is 12.7. The van der Waals surface area contributed by atoms with E-state index >= 15 is 0 Å². The summed E-state index contributed by atoms with van der Waals surface area (Å²) in [4.78, 5) is 20.0. The molecule has 1 saturated heterocycles. The molecule has 0 saturated carbocycles. The molecule has 6 nitrogen and oxygen atoms in total. The minimum Gasteiger partial charge on any atom is -0.410 e. The smallest absolute Gasteiger partial charge is 0.410 e. The number of carbonyl (C=O) groups excluding carboxylic acids is 1. The van der Waals surface area contributed by atoms with E-state index in [0.29, 0.717) is 5.75 Å². The van der Waals surface area contributed by atoms with Crippen molar-refractivity contribution in [2.45, 2.75) is 32.7 Å². The third-order valence-corrected chi connectivity index (χ3v) is 6.65. The lowest BCUT2D eigenvalue weighted by Crippen LogP contribution is -2.35. The Kier molecular flexibility index (Phi) is 7.22. The molecule has 3 aromatic carbocycles. The summed E-state index contributed by atoms with van der Waals surface area (Å²) in [7, 11) is 0. The number of rotatable bonds is 5. The van der Waals surface area contributed by atoms with E-state index in [1.807, 2.05) is 42.6 Å². The topological polar surface area (TPSA) is 63.7 Å².